The molecule has 3 aliphatic carbocycles. The molecule has 5 atom stereocenters. The average molecular weight is 509 g/mol. The third-order valence-corrected chi connectivity index (χ3v) is 9.36. The summed E-state index contributed by atoms with van der Waals surface area (Å²) in [5, 5.41) is 34.0. The van der Waals surface area contributed by atoms with Crippen LogP contribution in [0.15, 0.2) is 29.9 Å². The molecule has 0 spiro atoms. The lowest BCUT2D eigenvalue weighted by molar-refractivity contribution is -0.0223. The molecule has 0 heterocycles. The number of carbonyl (C=O) groups excluding carboxylic acids is 1. The lowest BCUT2D eigenvalue weighted by Crippen LogP contribution is -2.37. The van der Waals surface area contributed by atoms with Crippen LogP contribution in [0.2, 0.25) is 0 Å². The Labute approximate surface area is 221 Å². The van der Waals surface area contributed by atoms with E-state index in [9.17, 15) is 20.1 Å². The molecule has 0 saturated heterocycles. The molecule has 0 radical (unpaired) electrons. The van der Waals surface area contributed by atoms with Gasteiger partial charge in [0.15, 0.2) is 11.5 Å². The molecule has 5 nitrogen and oxygen atoms in total. The predicted octanol–water partition coefficient (Wildman–Crippen LogP) is 8.00. The van der Waals surface area contributed by atoms with Crippen LogP contribution in [0.1, 0.15) is 114 Å². The zero-order valence-electron chi connectivity index (χ0n) is 23.4. The highest BCUT2D eigenvalue weighted by Crippen LogP contribution is 2.63. The fourth-order valence-electron chi connectivity index (χ4n) is 7.37. The number of esters is 1. The highest BCUT2D eigenvalue weighted by atomic mass is 16.5. The van der Waals surface area contributed by atoms with Crippen molar-refractivity contribution in [3.05, 3.63) is 46.6 Å². The van der Waals surface area contributed by atoms with Crippen LogP contribution < -0.4 is 0 Å². The molecular formula is C32H44O5. The fourth-order valence-corrected chi connectivity index (χ4v) is 7.37. The molecule has 3 aliphatic rings. The van der Waals surface area contributed by atoms with Crippen molar-refractivity contribution >= 4 is 12.0 Å². The summed E-state index contributed by atoms with van der Waals surface area (Å²) < 4.78 is 6.13. The first-order valence-electron chi connectivity index (χ1n) is 13.8. The minimum absolute atomic E-state index is 0.0306. The Morgan fingerprint density at radius 3 is 2.46 bits per heavy atom. The summed E-state index contributed by atoms with van der Waals surface area (Å²) in [4.78, 5) is 13.8. The second kappa shape index (κ2) is 9.89. The zero-order chi connectivity index (χ0) is 27.3. The summed E-state index contributed by atoms with van der Waals surface area (Å²) >= 11 is 0. The van der Waals surface area contributed by atoms with Crippen LogP contribution >= 0.6 is 0 Å². The van der Waals surface area contributed by atoms with Gasteiger partial charge in [-0.2, -0.15) is 0 Å². The molecule has 4 rings (SSSR count). The number of rotatable bonds is 7. The molecule has 2 bridgehead atoms. The maximum Gasteiger partial charge on any atom is 0.342 e. The largest absolute Gasteiger partial charge is 0.507 e. The van der Waals surface area contributed by atoms with Crippen molar-refractivity contribution in [3.8, 4) is 17.2 Å². The minimum Gasteiger partial charge on any atom is -0.507 e. The van der Waals surface area contributed by atoms with E-state index < -0.39 is 17.6 Å². The van der Waals surface area contributed by atoms with E-state index in [2.05, 4.69) is 27.4 Å². The second-order valence-electron chi connectivity index (χ2n) is 12.8. The predicted molar refractivity (Wildman–Crippen MR) is 148 cm³/mol. The number of unbranched alkanes of at least 4 members (excludes halogenated alkanes) is 1. The van der Waals surface area contributed by atoms with Gasteiger partial charge in [-0.05, 0) is 69.6 Å². The van der Waals surface area contributed by atoms with Crippen LogP contribution in [0.5, 0.6) is 17.2 Å². The van der Waals surface area contributed by atoms with Crippen molar-refractivity contribution in [1.29, 1.82) is 0 Å². The third kappa shape index (κ3) is 4.82. The van der Waals surface area contributed by atoms with E-state index in [1.165, 1.54) is 0 Å². The SMILES string of the molecule is C=C(C)C1CCC(C)=CC1c1c(O)c(O)c(/C=C/CCC)c(C(=O)OC2CC3CC2(C)CC3(C)C)c1O. The van der Waals surface area contributed by atoms with E-state index in [-0.39, 0.29) is 51.0 Å². The van der Waals surface area contributed by atoms with Crippen LogP contribution in [0.3, 0.4) is 0 Å². The summed E-state index contributed by atoms with van der Waals surface area (Å²) in [5.41, 5.74) is 2.39. The molecular weight excluding hydrogens is 464 g/mol. The fraction of sp³-hybridized carbons (Fsp3) is 0.594. The Hall–Kier alpha value is -2.69. The van der Waals surface area contributed by atoms with Gasteiger partial charge in [-0.15, -0.1) is 0 Å². The molecule has 5 heteroatoms. The molecule has 3 N–H and O–H groups in total. The Bertz CT molecular complexity index is 1160. The van der Waals surface area contributed by atoms with E-state index in [1.807, 2.05) is 32.9 Å². The van der Waals surface area contributed by atoms with Gasteiger partial charge in [-0.1, -0.05) is 70.1 Å². The molecule has 1 aromatic rings. The van der Waals surface area contributed by atoms with Gasteiger partial charge < -0.3 is 20.1 Å². The normalized spacial score (nSPS) is 30.5. The van der Waals surface area contributed by atoms with E-state index >= 15 is 0 Å². The molecule has 5 unspecified atom stereocenters. The second-order valence-corrected chi connectivity index (χ2v) is 12.8. The highest BCUT2D eigenvalue weighted by molar-refractivity contribution is 5.99. The maximum absolute atomic E-state index is 13.8. The lowest BCUT2D eigenvalue weighted by atomic mass is 9.71. The van der Waals surface area contributed by atoms with E-state index in [0.29, 0.717) is 5.92 Å². The summed E-state index contributed by atoms with van der Waals surface area (Å²) in [6, 6.07) is 0. The standard InChI is InChI=1S/C32H44O5/c1-8-9-10-11-22-26(30(36)37-24-15-20-16-32(24,7)17-31(20,5)6)28(34)25(29(35)27(22)33)23-14-19(4)12-13-21(23)18(2)3/h10-11,14,20-21,23-24,33-35H,2,8-9,12-13,15-17H2,1,3-7H3/b11-10+. The Morgan fingerprint density at radius 1 is 1.19 bits per heavy atom. The number of benzene rings is 1. The van der Waals surface area contributed by atoms with Crippen molar-refractivity contribution in [2.24, 2.45) is 22.7 Å². The van der Waals surface area contributed by atoms with Crippen LogP contribution in [-0.2, 0) is 4.74 Å². The van der Waals surface area contributed by atoms with Gasteiger partial charge in [-0.3, -0.25) is 0 Å². The quantitative estimate of drug-likeness (QED) is 0.150. The highest BCUT2D eigenvalue weighted by Gasteiger charge is 2.58. The average Bonchev–Trinajstić information content (AvgIpc) is 3.24. The van der Waals surface area contributed by atoms with Crippen molar-refractivity contribution in [3.63, 3.8) is 0 Å². The van der Waals surface area contributed by atoms with Gasteiger partial charge in [-0.25, -0.2) is 4.79 Å². The molecule has 2 saturated carbocycles. The molecule has 37 heavy (non-hydrogen) atoms. The third-order valence-electron chi connectivity index (χ3n) is 9.36. The first-order chi connectivity index (χ1) is 17.3. The number of phenols is 3. The number of phenolic OH excluding ortho intramolecular Hbond substituents is 3. The number of carbonyl (C=O) groups is 1. The summed E-state index contributed by atoms with van der Waals surface area (Å²) in [5.74, 6) is -1.69. The van der Waals surface area contributed by atoms with Gasteiger partial charge in [0, 0.05) is 22.5 Å². The monoisotopic (exact) mass is 508 g/mol. The van der Waals surface area contributed by atoms with Crippen molar-refractivity contribution in [2.75, 3.05) is 0 Å². The molecule has 0 amide bonds. The van der Waals surface area contributed by atoms with Gasteiger partial charge in [0.05, 0.1) is 0 Å². The number of aromatic hydroxyl groups is 3. The van der Waals surface area contributed by atoms with E-state index in [1.54, 1.807) is 6.08 Å². The zero-order valence-corrected chi connectivity index (χ0v) is 23.4. The lowest BCUT2D eigenvalue weighted by Gasteiger charge is -2.38. The topological polar surface area (TPSA) is 87.0 Å². The van der Waals surface area contributed by atoms with Crippen LogP contribution in [-0.4, -0.2) is 27.4 Å². The van der Waals surface area contributed by atoms with Gasteiger partial charge in [0.1, 0.15) is 17.4 Å². The van der Waals surface area contributed by atoms with Gasteiger partial charge >= 0.3 is 5.97 Å². The minimum atomic E-state index is -0.648. The van der Waals surface area contributed by atoms with Crippen molar-refractivity contribution in [2.45, 2.75) is 98.5 Å². The molecule has 2 fully saturated rings. The number of fused-ring (bicyclic) bond motifs is 2. The first kappa shape index (κ1) is 27.3. The number of hydrogen-bond acceptors (Lipinski definition) is 5. The summed E-state index contributed by atoms with van der Waals surface area (Å²) in [6.07, 6.45) is 11.4. The molecule has 0 aromatic heterocycles. The van der Waals surface area contributed by atoms with Crippen LogP contribution in [0.4, 0.5) is 0 Å². The molecule has 0 aliphatic heterocycles. The maximum atomic E-state index is 13.8. The smallest absolute Gasteiger partial charge is 0.342 e. The van der Waals surface area contributed by atoms with Gasteiger partial charge in [0.2, 0.25) is 0 Å². The summed E-state index contributed by atoms with van der Waals surface area (Å²) in [6.45, 7) is 16.9. The van der Waals surface area contributed by atoms with E-state index in [0.717, 1.165) is 56.1 Å². The summed E-state index contributed by atoms with van der Waals surface area (Å²) in [7, 11) is 0. The number of hydrogen-bond donors (Lipinski definition) is 3. The first-order valence-corrected chi connectivity index (χ1v) is 13.8. The van der Waals surface area contributed by atoms with Crippen molar-refractivity contribution < 1.29 is 24.9 Å². The Kier molecular flexibility index (Phi) is 7.31. The Morgan fingerprint density at radius 2 is 1.89 bits per heavy atom. The van der Waals surface area contributed by atoms with Crippen molar-refractivity contribution in [1.82, 2.24) is 0 Å². The van der Waals surface area contributed by atoms with E-state index in [4.69, 9.17) is 4.74 Å². The van der Waals surface area contributed by atoms with Gasteiger partial charge in [0.25, 0.3) is 0 Å². The number of allylic oxidation sites excluding steroid dienone is 4. The molecule has 202 valence electrons. The number of ether oxygens (including phenoxy) is 1. The van der Waals surface area contributed by atoms with Crippen LogP contribution in [0, 0.1) is 22.7 Å². The molecule has 1 aromatic carbocycles. The van der Waals surface area contributed by atoms with Crippen LogP contribution in [0.25, 0.3) is 6.08 Å². The Balaban J connectivity index is 1.81.